The van der Waals surface area contributed by atoms with Gasteiger partial charge in [-0.25, -0.2) is 4.98 Å². The van der Waals surface area contributed by atoms with Crippen LogP contribution in [0.1, 0.15) is 41.8 Å². The van der Waals surface area contributed by atoms with E-state index >= 15 is 0 Å². The zero-order valence-corrected chi connectivity index (χ0v) is 12.8. The molecule has 3 heterocycles. The fourth-order valence-corrected chi connectivity index (χ4v) is 3.90. The SMILES string of the molecule is NC(=O)c1sc2nccc(N3CCCCCCC3)c2c1N. The van der Waals surface area contributed by atoms with Crippen LogP contribution < -0.4 is 16.4 Å². The second kappa shape index (κ2) is 5.89. The number of hydrogen-bond donors (Lipinski definition) is 2. The molecule has 6 heteroatoms. The van der Waals surface area contributed by atoms with Crippen molar-refractivity contribution in [1.29, 1.82) is 0 Å². The summed E-state index contributed by atoms with van der Waals surface area (Å²) < 4.78 is 0. The minimum absolute atomic E-state index is 0.414. The molecule has 3 rings (SSSR count). The number of aromatic nitrogens is 1. The summed E-state index contributed by atoms with van der Waals surface area (Å²) in [5.41, 5.74) is 13.1. The fraction of sp³-hybridized carbons (Fsp3) is 0.467. The smallest absolute Gasteiger partial charge is 0.260 e. The van der Waals surface area contributed by atoms with Gasteiger partial charge in [0.25, 0.3) is 5.91 Å². The summed E-state index contributed by atoms with van der Waals surface area (Å²) in [6.45, 7) is 2.06. The number of nitrogen functional groups attached to an aromatic ring is 1. The van der Waals surface area contributed by atoms with E-state index < -0.39 is 5.91 Å². The van der Waals surface area contributed by atoms with Crippen molar-refractivity contribution < 1.29 is 4.79 Å². The lowest BCUT2D eigenvalue weighted by Crippen LogP contribution is -2.27. The first kappa shape index (κ1) is 14.1. The van der Waals surface area contributed by atoms with Crippen LogP contribution in [0.2, 0.25) is 0 Å². The minimum atomic E-state index is -0.478. The van der Waals surface area contributed by atoms with Crippen molar-refractivity contribution in [2.75, 3.05) is 23.7 Å². The van der Waals surface area contributed by atoms with Crippen LogP contribution in [0.3, 0.4) is 0 Å². The maximum Gasteiger partial charge on any atom is 0.260 e. The number of amides is 1. The van der Waals surface area contributed by atoms with Gasteiger partial charge in [-0.1, -0.05) is 19.3 Å². The number of primary amides is 1. The number of pyridine rings is 1. The molecule has 0 atom stereocenters. The molecule has 0 aromatic carbocycles. The normalized spacial score (nSPS) is 16.7. The minimum Gasteiger partial charge on any atom is -0.397 e. The van der Waals surface area contributed by atoms with Gasteiger partial charge in [-0.15, -0.1) is 11.3 Å². The Morgan fingerprint density at radius 1 is 1.19 bits per heavy atom. The predicted octanol–water partition coefficient (Wildman–Crippen LogP) is 2.75. The molecule has 0 unspecified atom stereocenters. The van der Waals surface area contributed by atoms with Crippen molar-refractivity contribution >= 4 is 38.8 Å². The lowest BCUT2D eigenvalue weighted by Gasteiger charge is -2.27. The van der Waals surface area contributed by atoms with E-state index in [0.717, 1.165) is 29.0 Å². The van der Waals surface area contributed by atoms with E-state index in [1.165, 1.54) is 43.4 Å². The van der Waals surface area contributed by atoms with Crippen LogP contribution in [0.25, 0.3) is 10.2 Å². The molecule has 4 N–H and O–H groups in total. The third-order valence-corrected chi connectivity index (χ3v) is 5.16. The standard InChI is InChI=1S/C15H20N4OS/c16-12-11-10(19-8-4-2-1-3-5-9-19)6-7-18-15(11)21-13(12)14(17)20/h6-7H,1-5,8-9,16H2,(H2,17,20). The molecule has 5 nitrogen and oxygen atoms in total. The van der Waals surface area contributed by atoms with Crippen molar-refractivity contribution in [2.45, 2.75) is 32.1 Å². The number of fused-ring (bicyclic) bond motifs is 1. The average Bonchev–Trinajstić information content (AvgIpc) is 2.76. The van der Waals surface area contributed by atoms with E-state index in [4.69, 9.17) is 11.5 Å². The Kier molecular flexibility index (Phi) is 3.96. The number of hydrogen-bond acceptors (Lipinski definition) is 5. The molecule has 1 aliphatic heterocycles. The molecular formula is C15H20N4OS. The second-order valence-electron chi connectivity index (χ2n) is 5.47. The first-order chi connectivity index (χ1) is 10.2. The Labute approximate surface area is 127 Å². The summed E-state index contributed by atoms with van der Waals surface area (Å²) in [5, 5.41) is 0.886. The zero-order chi connectivity index (χ0) is 14.8. The molecule has 1 saturated heterocycles. The predicted molar refractivity (Wildman–Crippen MR) is 87.8 cm³/mol. The van der Waals surface area contributed by atoms with Crippen LogP contribution in [-0.4, -0.2) is 24.0 Å². The van der Waals surface area contributed by atoms with Crippen molar-refractivity contribution in [3.05, 3.63) is 17.1 Å². The van der Waals surface area contributed by atoms with Crippen molar-refractivity contribution in [1.82, 2.24) is 4.98 Å². The molecule has 2 aromatic heterocycles. The number of nitrogens with zero attached hydrogens (tertiary/aromatic N) is 2. The van der Waals surface area contributed by atoms with Crippen LogP contribution in [0.5, 0.6) is 0 Å². The molecular weight excluding hydrogens is 284 g/mol. The average molecular weight is 304 g/mol. The number of carbonyl (C=O) groups excluding carboxylic acids is 1. The zero-order valence-electron chi connectivity index (χ0n) is 12.0. The second-order valence-corrected chi connectivity index (χ2v) is 6.47. The molecule has 1 fully saturated rings. The molecule has 21 heavy (non-hydrogen) atoms. The number of rotatable bonds is 2. The van der Waals surface area contributed by atoms with Gasteiger partial charge in [0, 0.05) is 19.3 Å². The van der Waals surface area contributed by atoms with Gasteiger partial charge < -0.3 is 16.4 Å². The third-order valence-electron chi connectivity index (χ3n) is 4.03. The van der Waals surface area contributed by atoms with Gasteiger partial charge in [0.15, 0.2) is 0 Å². The van der Waals surface area contributed by atoms with Gasteiger partial charge in [0.1, 0.15) is 9.71 Å². The van der Waals surface area contributed by atoms with E-state index in [9.17, 15) is 4.79 Å². The molecule has 0 radical (unpaired) electrons. The van der Waals surface area contributed by atoms with Gasteiger partial charge in [0.2, 0.25) is 0 Å². The number of thiophene rings is 1. The highest BCUT2D eigenvalue weighted by Crippen LogP contribution is 2.38. The number of anilines is 2. The maximum absolute atomic E-state index is 11.5. The Bertz CT molecular complexity index is 659. The van der Waals surface area contributed by atoms with Gasteiger partial charge in [0.05, 0.1) is 16.8 Å². The van der Waals surface area contributed by atoms with Gasteiger partial charge in [-0.3, -0.25) is 4.79 Å². The van der Waals surface area contributed by atoms with Gasteiger partial charge in [-0.2, -0.15) is 0 Å². The molecule has 112 valence electrons. The largest absolute Gasteiger partial charge is 0.397 e. The summed E-state index contributed by atoms with van der Waals surface area (Å²) in [7, 11) is 0. The Morgan fingerprint density at radius 2 is 1.86 bits per heavy atom. The topological polar surface area (TPSA) is 85.2 Å². The summed E-state index contributed by atoms with van der Waals surface area (Å²) in [6.07, 6.45) is 8.04. The molecule has 1 amide bonds. The fourth-order valence-electron chi connectivity index (χ4n) is 2.96. The van der Waals surface area contributed by atoms with Gasteiger partial charge in [-0.05, 0) is 18.9 Å². The Hall–Kier alpha value is -1.82. The first-order valence-corrected chi connectivity index (χ1v) is 8.22. The highest BCUT2D eigenvalue weighted by atomic mass is 32.1. The molecule has 0 bridgehead atoms. The quantitative estimate of drug-likeness (QED) is 0.893. The first-order valence-electron chi connectivity index (χ1n) is 7.40. The highest BCUT2D eigenvalue weighted by Gasteiger charge is 2.20. The molecule has 2 aromatic rings. The van der Waals surface area contributed by atoms with Crippen molar-refractivity contribution in [3.63, 3.8) is 0 Å². The molecule has 0 spiro atoms. The monoisotopic (exact) mass is 304 g/mol. The van der Waals surface area contributed by atoms with Gasteiger partial charge >= 0.3 is 0 Å². The summed E-state index contributed by atoms with van der Waals surface area (Å²) in [4.78, 5) is 19.4. The van der Waals surface area contributed by atoms with Crippen LogP contribution in [-0.2, 0) is 0 Å². The summed E-state index contributed by atoms with van der Waals surface area (Å²) >= 11 is 1.28. The Balaban J connectivity index is 2.06. The van der Waals surface area contributed by atoms with Crippen molar-refractivity contribution in [2.24, 2.45) is 5.73 Å². The number of nitrogens with two attached hydrogens (primary N) is 2. The van der Waals surface area contributed by atoms with Crippen molar-refractivity contribution in [3.8, 4) is 0 Å². The molecule has 0 saturated carbocycles. The van der Waals surface area contributed by atoms with E-state index in [1.807, 2.05) is 6.07 Å². The molecule has 0 aliphatic carbocycles. The van der Waals surface area contributed by atoms with Crippen LogP contribution >= 0.6 is 11.3 Å². The van der Waals surface area contributed by atoms with E-state index in [2.05, 4.69) is 9.88 Å². The van der Waals surface area contributed by atoms with Crippen LogP contribution in [0.15, 0.2) is 12.3 Å². The van der Waals surface area contributed by atoms with E-state index in [-0.39, 0.29) is 0 Å². The van der Waals surface area contributed by atoms with Crippen LogP contribution in [0.4, 0.5) is 11.4 Å². The summed E-state index contributed by atoms with van der Waals surface area (Å²) in [6, 6.07) is 2.00. The summed E-state index contributed by atoms with van der Waals surface area (Å²) in [5.74, 6) is -0.478. The van der Waals surface area contributed by atoms with E-state index in [0.29, 0.717) is 10.6 Å². The van der Waals surface area contributed by atoms with Crippen LogP contribution in [0, 0.1) is 0 Å². The number of carbonyl (C=O) groups is 1. The lowest BCUT2D eigenvalue weighted by atomic mass is 10.1. The third kappa shape index (κ3) is 2.68. The maximum atomic E-state index is 11.5. The lowest BCUT2D eigenvalue weighted by molar-refractivity contribution is 0.100. The van der Waals surface area contributed by atoms with E-state index in [1.54, 1.807) is 6.20 Å². The Morgan fingerprint density at radius 3 is 2.52 bits per heavy atom. The highest BCUT2D eigenvalue weighted by molar-refractivity contribution is 7.21. The molecule has 1 aliphatic rings.